The van der Waals surface area contributed by atoms with Gasteiger partial charge in [-0.2, -0.15) is 0 Å². The molecule has 0 bridgehead atoms. The van der Waals surface area contributed by atoms with Crippen LogP contribution in [0.5, 0.6) is 0 Å². The van der Waals surface area contributed by atoms with Crippen molar-refractivity contribution in [1.82, 2.24) is 0 Å². The van der Waals surface area contributed by atoms with Gasteiger partial charge in [0, 0.05) is 0 Å². The van der Waals surface area contributed by atoms with E-state index in [1.54, 1.807) is 0 Å². The predicted molar refractivity (Wildman–Crippen MR) is 161 cm³/mol. The van der Waals surface area contributed by atoms with Crippen molar-refractivity contribution in [2.45, 2.75) is 169 Å². The second-order valence-corrected chi connectivity index (χ2v) is 12.2. The third-order valence-corrected chi connectivity index (χ3v) is 8.43. The monoisotopic (exact) mass is 549 g/mol. The summed E-state index contributed by atoms with van der Waals surface area (Å²) >= 11 is 0. The highest BCUT2D eigenvalue weighted by atomic mass is 32.3. The van der Waals surface area contributed by atoms with Crippen LogP contribution in [0.25, 0.3) is 0 Å². The number of hydrogen-bond acceptors (Lipinski definition) is 4. The first-order valence-corrected chi connectivity index (χ1v) is 17.5. The van der Waals surface area contributed by atoms with Gasteiger partial charge in [0.2, 0.25) is 10.4 Å². The van der Waals surface area contributed by atoms with E-state index in [9.17, 15) is 13.0 Å². The second-order valence-electron chi connectivity index (χ2n) is 11.1. The first-order chi connectivity index (χ1) is 17.8. The fourth-order valence-corrected chi connectivity index (χ4v) is 5.19. The van der Waals surface area contributed by atoms with Crippen LogP contribution in [0.15, 0.2) is 0 Å². The molecular weight excluding hydrogens is 482 g/mol. The molecule has 0 N–H and O–H groups in total. The maximum atomic E-state index is 9.22. The zero-order chi connectivity index (χ0) is 28.1. The van der Waals surface area contributed by atoms with Crippen LogP contribution in [0.4, 0.5) is 0 Å². The summed E-state index contributed by atoms with van der Waals surface area (Å²) in [6.45, 7) is 15.0. The Kier molecular flexibility index (Phi) is 30.4. The Morgan fingerprint density at radius 3 is 0.892 bits per heavy atom. The molecule has 37 heavy (non-hydrogen) atoms. The van der Waals surface area contributed by atoms with Crippen molar-refractivity contribution in [2.24, 2.45) is 0 Å². The lowest BCUT2D eigenvalue weighted by atomic mass is 10.0. The molecule has 0 aromatic rings. The molecule has 0 aromatic carbocycles. The fourth-order valence-electron chi connectivity index (χ4n) is 5.19. The van der Waals surface area contributed by atoms with Crippen LogP contribution in [-0.4, -0.2) is 50.7 Å². The molecule has 0 unspecified atom stereocenters. The van der Waals surface area contributed by atoms with Gasteiger partial charge in [-0.25, -0.2) is 8.42 Å². The van der Waals surface area contributed by atoms with Crippen LogP contribution in [0, 0.1) is 0 Å². The summed E-state index contributed by atoms with van der Waals surface area (Å²) in [7, 11) is -3.60. The van der Waals surface area contributed by atoms with Gasteiger partial charge in [0.1, 0.15) is 0 Å². The number of rotatable bonds is 27. The highest BCUT2D eigenvalue weighted by molar-refractivity contribution is 7.80. The lowest BCUT2D eigenvalue weighted by Gasteiger charge is -2.37. The van der Waals surface area contributed by atoms with Gasteiger partial charge in [-0.3, -0.25) is 4.18 Å². The molecule has 0 heterocycles. The van der Waals surface area contributed by atoms with Crippen molar-refractivity contribution in [3.8, 4) is 0 Å². The van der Waals surface area contributed by atoms with Crippen molar-refractivity contribution in [1.29, 1.82) is 0 Å². The van der Waals surface area contributed by atoms with E-state index in [0.717, 1.165) is 7.11 Å². The molecule has 0 rings (SSSR count). The molecule has 0 aliphatic carbocycles. The SMILES string of the molecule is CCCCCCCCCCCCCCCCCC[N+](CC)(CC)CCCCCCCC.COS(=O)(=O)[O-]. The lowest BCUT2D eigenvalue weighted by Crippen LogP contribution is -2.49. The minimum absolute atomic E-state index is 0.808. The van der Waals surface area contributed by atoms with Gasteiger partial charge in [-0.05, 0) is 39.5 Å². The van der Waals surface area contributed by atoms with Gasteiger partial charge < -0.3 is 9.04 Å². The Labute approximate surface area is 234 Å². The number of nitrogens with zero attached hydrogens (tertiary/aromatic N) is 1. The fraction of sp³-hybridized carbons (Fsp3) is 1.00. The molecule has 0 amide bonds. The van der Waals surface area contributed by atoms with Crippen molar-refractivity contribution in [3.05, 3.63) is 0 Å². The van der Waals surface area contributed by atoms with Crippen molar-refractivity contribution in [3.63, 3.8) is 0 Å². The summed E-state index contributed by atoms with van der Waals surface area (Å²) in [5.41, 5.74) is 0. The molecule has 226 valence electrons. The summed E-state index contributed by atoms with van der Waals surface area (Å²) < 4.78 is 32.4. The van der Waals surface area contributed by atoms with Gasteiger partial charge in [0.05, 0.1) is 33.3 Å². The molecular formula is C31H67NO4S. The Morgan fingerprint density at radius 1 is 0.486 bits per heavy atom. The molecule has 0 spiro atoms. The quantitative estimate of drug-likeness (QED) is 0.0443. The van der Waals surface area contributed by atoms with Crippen LogP contribution >= 0.6 is 0 Å². The molecule has 0 aromatic heterocycles. The van der Waals surface area contributed by atoms with Crippen LogP contribution in [0.2, 0.25) is 0 Å². The Balaban J connectivity index is 0. The average molecular weight is 550 g/mol. The van der Waals surface area contributed by atoms with Crippen LogP contribution in [0.3, 0.4) is 0 Å². The Morgan fingerprint density at radius 2 is 0.703 bits per heavy atom. The van der Waals surface area contributed by atoms with Crippen LogP contribution in [-0.2, 0) is 14.6 Å². The third-order valence-electron chi connectivity index (χ3n) is 8.02. The minimum atomic E-state index is -4.41. The first-order valence-electron chi connectivity index (χ1n) is 16.2. The van der Waals surface area contributed by atoms with E-state index in [1.807, 2.05) is 0 Å². The maximum absolute atomic E-state index is 9.22. The summed E-state index contributed by atoms with van der Waals surface area (Å²) in [4.78, 5) is 0. The van der Waals surface area contributed by atoms with E-state index in [2.05, 4.69) is 31.9 Å². The van der Waals surface area contributed by atoms with Crippen LogP contribution < -0.4 is 0 Å². The zero-order valence-corrected chi connectivity index (χ0v) is 26.7. The summed E-state index contributed by atoms with van der Waals surface area (Å²) in [6.07, 6.45) is 32.1. The molecule has 0 fully saturated rings. The Hall–Kier alpha value is -0.170. The van der Waals surface area contributed by atoms with Gasteiger partial charge in [0.15, 0.2) is 0 Å². The van der Waals surface area contributed by atoms with Crippen molar-refractivity contribution in [2.75, 3.05) is 33.3 Å². The summed E-state index contributed by atoms with van der Waals surface area (Å²) in [5.74, 6) is 0. The normalized spacial score (nSPS) is 11.9. The standard InChI is InChI=1S/C30H64N.CH4O4S/c1-5-9-11-13-15-16-17-18-19-20-21-22-23-24-26-28-30-31(7-3,8-4)29-27-25-14-12-10-6-2;1-5-6(2,3)4/h5-30H2,1-4H3;1H3,(H,2,3,4)/q+1;/p-1. The van der Waals surface area contributed by atoms with Gasteiger partial charge >= 0.3 is 0 Å². The van der Waals surface area contributed by atoms with E-state index < -0.39 is 10.4 Å². The van der Waals surface area contributed by atoms with Crippen LogP contribution in [0.1, 0.15) is 169 Å². The number of unbranched alkanes of at least 4 members (excludes halogenated alkanes) is 20. The van der Waals surface area contributed by atoms with E-state index in [4.69, 9.17) is 0 Å². The number of hydrogen-bond donors (Lipinski definition) is 0. The topological polar surface area (TPSA) is 66.4 Å². The summed E-state index contributed by atoms with van der Waals surface area (Å²) in [5, 5.41) is 0. The average Bonchev–Trinajstić information content (AvgIpc) is 2.89. The highest BCUT2D eigenvalue weighted by Gasteiger charge is 2.21. The minimum Gasteiger partial charge on any atom is -0.726 e. The molecule has 0 aliphatic rings. The van der Waals surface area contributed by atoms with Crippen molar-refractivity contribution < 1.29 is 21.6 Å². The molecule has 0 radical (unpaired) electrons. The van der Waals surface area contributed by atoms with Gasteiger partial charge in [0.25, 0.3) is 0 Å². The van der Waals surface area contributed by atoms with E-state index in [-0.39, 0.29) is 0 Å². The van der Waals surface area contributed by atoms with Crippen molar-refractivity contribution >= 4 is 10.4 Å². The third kappa shape index (κ3) is 30.2. The van der Waals surface area contributed by atoms with Gasteiger partial charge in [-0.15, -0.1) is 0 Å². The largest absolute Gasteiger partial charge is 0.726 e. The lowest BCUT2D eigenvalue weighted by molar-refractivity contribution is -0.925. The van der Waals surface area contributed by atoms with E-state index >= 15 is 0 Å². The van der Waals surface area contributed by atoms with E-state index in [1.165, 1.54) is 172 Å². The molecule has 0 saturated carbocycles. The molecule has 0 atom stereocenters. The summed E-state index contributed by atoms with van der Waals surface area (Å²) in [6, 6.07) is 0. The zero-order valence-electron chi connectivity index (χ0n) is 25.9. The Bertz CT molecular complexity index is 535. The molecule has 6 heteroatoms. The number of quaternary nitrogens is 1. The highest BCUT2D eigenvalue weighted by Crippen LogP contribution is 2.17. The predicted octanol–water partition coefficient (Wildman–Crippen LogP) is 9.56. The molecule has 0 aliphatic heterocycles. The first kappa shape index (κ1) is 39.0. The second kappa shape index (κ2) is 28.8. The molecule has 5 nitrogen and oxygen atoms in total. The maximum Gasteiger partial charge on any atom is 0.217 e. The molecule has 0 saturated heterocycles. The van der Waals surface area contributed by atoms with E-state index in [0.29, 0.717) is 0 Å². The van der Waals surface area contributed by atoms with Gasteiger partial charge in [-0.1, -0.05) is 129 Å². The smallest absolute Gasteiger partial charge is 0.217 e.